The summed E-state index contributed by atoms with van der Waals surface area (Å²) >= 11 is 0. The molecule has 0 fully saturated rings. The van der Waals surface area contributed by atoms with Crippen molar-refractivity contribution >= 4 is 17.6 Å². The summed E-state index contributed by atoms with van der Waals surface area (Å²) in [4.78, 5) is 24.8. The summed E-state index contributed by atoms with van der Waals surface area (Å²) in [6.45, 7) is 5.35. The van der Waals surface area contributed by atoms with Crippen LogP contribution in [0.1, 0.15) is 36.4 Å². The minimum absolute atomic E-state index is 0.0720. The topological polar surface area (TPSA) is 84.2 Å². The van der Waals surface area contributed by atoms with Gasteiger partial charge in [-0.2, -0.15) is 0 Å². The number of anilines is 1. The molecular weight excluding hydrogens is 332 g/mol. The van der Waals surface area contributed by atoms with Crippen molar-refractivity contribution in [2.24, 2.45) is 5.92 Å². The predicted molar refractivity (Wildman–Crippen MR) is 86.9 cm³/mol. The fourth-order valence-electron chi connectivity index (χ4n) is 2.19. The maximum atomic E-state index is 13.3. The highest BCUT2D eigenvalue weighted by Crippen LogP contribution is 2.14. The molecule has 6 nitrogen and oxygen atoms in total. The number of carbonyl (C=O) groups excluding carboxylic acids is 2. The molecule has 1 aromatic carbocycles. The van der Waals surface area contributed by atoms with Crippen molar-refractivity contribution in [1.82, 2.24) is 10.5 Å². The molecule has 0 spiro atoms. The summed E-state index contributed by atoms with van der Waals surface area (Å²) in [5, 5.41) is 8.79. The van der Waals surface area contributed by atoms with Gasteiger partial charge in [-0.3, -0.25) is 9.59 Å². The van der Waals surface area contributed by atoms with Gasteiger partial charge in [0.05, 0.1) is 0 Å². The molecule has 2 N–H and O–H groups in total. The molecule has 2 aromatic rings. The highest BCUT2D eigenvalue weighted by atomic mass is 19.2. The van der Waals surface area contributed by atoms with Crippen LogP contribution >= 0.6 is 0 Å². The maximum absolute atomic E-state index is 13.3. The smallest absolute Gasteiger partial charge is 0.252 e. The van der Waals surface area contributed by atoms with Gasteiger partial charge in [-0.25, -0.2) is 8.78 Å². The van der Waals surface area contributed by atoms with Crippen LogP contribution in [0.2, 0.25) is 0 Å². The lowest BCUT2D eigenvalue weighted by atomic mass is 9.98. The molecule has 0 bridgehead atoms. The molecule has 2 atom stereocenters. The summed E-state index contributed by atoms with van der Waals surface area (Å²) in [5.74, 6) is -2.75. The fraction of sp³-hybridized carbons (Fsp3) is 0.353. The number of aryl methyl sites for hydroxylation is 1. The Morgan fingerprint density at radius 3 is 2.52 bits per heavy atom. The van der Waals surface area contributed by atoms with E-state index in [1.807, 2.05) is 6.92 Å². The largest absolute Gasteiger partial charge is 0.360 e. The first-order valence-electron chi connectivity index (χ1n) is 7.82. The standard InChI is InChI=1S/C17H19F2N3O3/c1-4-9(2)15(17(24)20-14-7-10(3)25-22-14)21-16(23)11-5-6-12(18)13(19)8-11/h5-9,15H,4H2,1-3H3,(H,21,23)(H,20,22,24)/t9?,15-/m0/s1. The highest BCUT2D eigenvalue weighted by Gasteiger charge is 2.27. The van der Waals surface area contributed by atoms with E-state index in [4.69, 9.17) is 4.52 Å². The summed E-state index contributed by atoms with van der Waals surface area (Å²) in [6, 6.07) is 3.48. The lowest BCUT2D eigenvalue weighted by Gasteiger charge is -2.23. The number of aromatic nitrogens is 1. The van der Waals surface area contributed by atoms with Gasteiger partial charge in [-0.15, -0.1) is 0 Å². The first kappa shape index (κ1) is 18.6. The minimum atomic E-state index is -1.13. The van der Waals surface area contributed by atoms with E-state index in [-0.39, 0.29) is 17.3 Å². The second kappa shape index (κ2) is 7.87. The van der Waals surface area contributed by atoms with Crippen molar-refractivity contribution < 1.29 is 22.9 Å². The van der Waals surface area contributed by atoms with Crippen molar-refractivity contribution in [3.05, 3.63) is 47.2 Å². The number of halogens is 2. The SMILES string of the molecule is CCC(C)[C@H](NC(=O)c1ccc(F)c(F)c1)C(=O)Nc1cc(C)on1. The summed E-state index contributed by atoms with van der Waals surface area (Å²) in [5.41, 5.74) is -0.0720. The molecule has 2 rings (SSSR count). The van der Waals surface area contributed by atoms with Gasteiger partial charge in [0, 0.05) is 11.6 Å². The van der Waals surface area contributed by atoms with Crippen LogP contribution in [0.5, 0.6) is 0 Å². The molecular formula is C17H19F2N3O3. The molecule has 0 aliphatic carbocycles. The van der Waals surface area contributed by atoms with Crippen LogP contribution in [0, 0.1) is 24.5 Å². The van der Waals surface area contributed by atoms with Gasteiger partial charge < -0.3 is 15.2 Å². The summed E-state index contributed by atoms with van der Waals surface area (Å²) in [7, 11) is 0. The molecule has 0 aliphatic heterocycles. The molecule has 0 radical (unpaired) electrons. The molecule has 1 aromatic heterocycles. The first-order valence-corrected chi connectivity index (χ1v) is 7.82. The Balaban J connectivity index is 2.14. The zero-order chi connectivity index (χ0) is 18.6. The zero-order valence-electron chi connectivity index (χ0n) is 14.1. The molecule has 0 saturated heterocycles. The fourth-order valence-corrected chi connectivity index (χ4v) is 2.19. The number of hydrogen-bond donors (Lipinski definition) is 2. The Hall–Kier alpha value is -2.77. The molecule has 8 heteroatoms. The van der Waals surface area contributed by atoms with Crippen LogP contribution in [0.15, 0.2) is 28.8 Å². The first-order chi connectivity index (χ1) is 11.8. The molecule has 1 unspecified atom stereocenters. The quantitative estimate of drug-likeness (QED) is 0.838. The number of rotatable bonds is 6. The number of amides is 2. The molecule has 0 aliphatic rings. The maximum Gasteiger partial charge on any atom is 0.252 e. The molecule has 134 valence electrons. The van der Waals surface area contributed by atoms with Gasteiger partial charge in [-0.1, -0.05) is 25.4 Å². The number of nitrogens with one attached hydrogen (secondary N) is 2. The minimum Gasteiger partial charge on any atom is -0.360 e. The van der Waals surface area contributed by atoms with Crippen molar-refractivity contribution in [2.45, 2.75) is 33.2 Å². The van der Waals surface area contributed by atoms with Crippen LogP contribution in [0.4, 0.5) is 14.6 Å². The third kappa shape index (κ3) is 4.62. The summed E-state index contributed by atoms with van der Waals surface area (Å²) in [6.07, 6.45) is 0.619. The second-order valence-electron chi connectivity index (χ2n) is 5.78. The van der Waals surface area contributed by atoms with Crippen molar-refractivity contribution in [3.8, 4) is 0 Å². The van der Waals surface area contributed by atoms with E-state index < -0.39 is 29.5 Å². The van der Waals surface area contributed by atoms with Gasteiger partial charge in [0.15, 0.2) is 17.5 Å². The Labute approximate surface area is 143 Å². The average Bonchev–Trinajstić information content (AvgIpc) is 2.98. The van der Waals surface area contributed by atoms with Crippen LogP contribution in [0.3, 0.4) is 0 Å². The van der Waals surface area contributed by atoms with Crippen molar-refractivity contribution in [3.63, 3.8) is 0 Å². The van der Waals surface area contributed by atoms with Gasteiger partial charge in [0.2, 0.25) is 5.91 Å². The van der Waals surface area contributed by atoms with Gasteiger partial charge >= 0.3 is 0 Å². The second-order valence-corrected chi connectivity index (χ2v) is 5.78. The van der Waals surface area contributed by atoms with Crippen molar-refractivity contribution in [1.29, 1.82) is 0 Å². The summed E-state index contributed by atoms with van der Waals surface area (Å²) < 4.78 is 31.2. The Kier molecular flexibility index (Phi) is 5.84. The van der Waals surface area contributed by atoms with Gasteiger partial charge in [0.1, 0.15) is 11.8 Å². The molecule has 0 saturated carbocycles. The van der Waals surface area contributed by atoms with Crippen LogP contribution in [0.25, 0.3) is 0 Å². The monoisotopic (exact) mass is 351 g/mol. The number of benzene rings is 1. The van der Waals surface area contributed by atoms with E-state index in [0.29, 0.717) is 12.2 Å². The lowest BCUT2D eigenvalue weighted by molar-refractivity contribution is -0.119. The third-order valence-electron chi connectivity index (χ3n) is 3.84. The third-order valence-corrected chi connectivity index (χ3v) is 3.84. The van der Waals surface area contributed by atoms with Crippen LogP contribution < -0.4 is 10.6 Å². The van der Waals surface area contributed by atoms with E-state index in [0.717, 1.165) is 18.2 Å². The normalized spacial score (nSPS) is 13.2. The van der Waals surface area contributed by atoms with E-state index in [1.165, 1.54) is 0 Å². The van der Waals surface area contributed by atoms with Crippen LogP contribution in [-0.4, -0.2) is 23.0 Å². The van der Waals surface area contributed by atoms with E-state index >= 15 is 0 Å². The average molecular weight is 351 g/mol. The molecule has 25 heavy (non-hydrogen) atoms. The molecule has 2 amide bonds. The highest BCUT2D eigenvalue weighted by molar-refractivity contribution is 6.01. The Morgan fingerprint density at radius 2 is 1.96 bits per heavy atom. The number of carbonyl (C=O) groups is 2. The Bertz CT molecular complexity index is 776. The van der Waals surface area contributed by atoms with E-state index in [2.05, 4.69) is 15.8 Å². The molecule has 1 heterocycles. The van der Waals surface area contributed by atoms with Crippen molar-refractivity contribution in [2.75, 3.05) is 5.32 Å². The Morgan fingerprint density at radius 1 is 1.24 bits per heavy atom. The van der Waals surface area contributed by atoms with E-state index in [9.17, 15) is 18.4 Å². The number of nitrogens with zero attached hydrogens (tertiary/aromatic N) is 1. The zero-order valence-corrected chi connectivity index (χ0v) is 14.1. The van der Waals surface area contributed by atoms with Gasteiger partial charge in [-0.05, 0) is 31.0 Å². The van der Waals surface area contributed by atoms with Gasteiger partial charge in [0.25, 0.3) is 5.91 Å². The van der Waals surface area contributed by atoms with E-state index in [1.54, 1.807) is 19.9 Å². The number of hydrogen-bond acceptors (Lipinski definition) is 4. The lowest BCUT2D eigenvalue weighted by Crippen LogP contribution is -2.47. The predicted octanol–water partition coefficient (Wildman–Crippen LogP) is 3.04. The van der Waals surface area contributed by atoms with Crippen LogP contribution in [-0.2, 0) is 4.79 Å².